The van der Waals surface area contributed by atoms with Gasteiger partial charge < -0.3 is 10.2 Å². The first kappa shape index (κ1) is 15.5. The summed E-state index contributed by atoms with van der Waals surface area (Å²) in [6, 6.07) is -0.934. The second-order valence-corrected chi connectivity index (χ2v) is 5.51. The van der Waals surface area contributed by atoms with Gasteiger partial charge in [-0.1, -0.05) is 20.3 Å². The van der Waals surface area contributed by atoms with Gasteiger partial charge in [0, 0.05) is 6.54 Å². The quantitative estimate of drug-likeness (QED) is 0.860. The van der Waals surface area contributed by atoms with Crippen LogP contribution in [0.2, 0.25) is 0 Å². The number of nitrogens with one attached hydrogen (secondary N) is 1. The lowest BCUT2D eigenvalue weighted by Gasteiger charge is -2.39. The zero-order valence-corrected chi connectivity index (χ0v) is 13.0. The maximum absolute atomic E-state index is 12.7. The summed E-state index contributed by atoms with van der Waals surface area (Å²) in [7, 11) is 0. The van der Waals surface area contributed by atoms with E-state index in [9.17, 15) is 9.59 Å². The second-order valence-electron chi connectivity index (χ2n) is 5.51. The van der Waals surface area contributed by atoms with E-state index in [2.05, 4.69) is 15.4 Å². The van der Waals surface area contributed by atoms with Gasteiger partial charge in [-0.3, -0.25) is 9.59 Å². The molecule has 2 amide bonds. The molecule has 0 saturated carbocycles. The Balaban J connectivity index is 2.23. The second kappa shape index (κ2) is 6.24. The van der Waals surface area contributed by atoms with Crippen molar-refractivity contribution in [2.75, 3.05) is 0 Å². The fourth-order valence-electron chi connectivity index (χ4n) is 2.51. The topological polar surface area (TPSA) is 80.1 Å². The van der Waals surface area contributed by atoms with E-state index in [0.29, 0.717) is 18.9 Å². The molecule has 1 aromatic heterocycles. The minimum absolute atomic E-state index is 0.0397. The lowest BCUT2D eigenvalue weighted by molar-refractivity contribution is -0.151. The summed E-state index contributed by atoms with van der Waals surface area (Å²) in [5, 5.41) is 6.94. The molecule has 3 unspecified atom stereocenters. The Morgan fingerprint density at radius 2 is 2.10 bits per heavy atom. The van der Waals surface area contributed by atoms with Gasteiger partial charge in [-0.05, 0) is 19.8 Å². The Bertz CT molecular complexity index is 527. The molecule has 1 aliphatic heterocycles. The number of aromatic nitrogens is 3. The monoisotopic (exact) mass is 293 g/mol. The summed E-state index contributed by atoms with van der Waals surface area (Å²) in [6.07, 6.45) is 2.31. The number of piperazine rings is 1. The molecule has 1 fully saturated rings. The van der Waals surface area contributed by atoms with Crippen LogP contribution in [0.3, 0.4) is 0 Å². The van der Waals surface area contributed by atoms with Crippen LogP contribution in [-0.2, 0) is 22.7 Å². The highest BCUT2D eigenvalue weighted by Crippen LogP contribution is 2.19. The predicted molar refractivity (Wildman–Crippen MR) is 77.1 cm³/mol. The van der Waals surface area contributed by atoms with E-state index in [-0.39, 0.29) is 17.7 Å². The van der Waals surface area contributed by atoms with Crippen molar-refractivity contribution in [2.24, 2.45) is 5.92 Å². The fraction of sp³-hybridized carbons (Fsp3) is 0.714. The van der Waals surface area contributed by atoms with E-state index >= 15 is 0 Å². The summed E-state index contributed by atoms with van der Waals surface area (Å²) in [4.78, 5) is 30.6. The van der Waals surface area contributed by atoms with E-state index < -0.39 is 12.1 Å². The van der Waals surface area contributed by atoms with Gasteiger partial charge >= 0.3 is 0 Å². The van der Waals surface area contributed by atoms with Crippen LogP contribution in [0.15, 0.2) is 6.33 Å². The van der Waals surface area contributed by atoms with Crippen molar-refractivity contribution < 1.29 is 9.59 Å². The largest absolute Gasteiger partial charge is 0.342 e. The molecule has 21 heavy (non-hydrogen) atoms. The van der Waals surface area contributed by atoms with Gasteiger partial charge in [0.25, 0.3) is 0 Å². The molecule has 116 valence electrons. The third-order valence-electron chi connectivity index (χ3n) is 4.21. The van der Waals surface area contributed by atoms with Gasteiger partial charge in [0.15, 0.2) is 0 Å². The Kier molecular flexibility index (Phi) is 4.59. The Morgan fingerprint density at radius 3 is 2.71 bits per heavy atom. The number of amides is 2. The highest BCUT2D eigenvalue weighted by atomic mass is 16.2. The molecule has 1 aliphatic rings. The smallest absolute Gasteiger partial charge is 0.246 e. The van der Waals surface area contributed by atoms with Gasteiger partial charge in [-0.25, -0.2) is 9.67 Å². The Hall–Kier alpha value is -1.92. The van der Waals surface area contributed by atoms with Gasteiger partial charge in [0.1, 0.15) is 24.2 Å². The zero-order valence-electron chi connectivity index (χ0n) is 13.0. The molecule has 1 saturated heterocycles. The maximum Gasteiger partial charge on any atom is 0.246 e. The van der Waals surface area contributed by atoms with Crippen molar-refractivity contribution in [3.05, 3.63) is 12.2 Å². The van der Waals surface area contributed by atoms with Crippen LogP contribution in [0.1, 0.15) is 39.9 Å². The highest BCUT2D eigenvalue weighted by Gasteiger charge is 2.40. The lowest BCUT2D eigenvalue weighted by Crippen LogP contribution is -2.63. The van der Waals surface area contributed by atoms with Crippen LogP contribution < -0.4 is 5.32 Å². The van der Waals surface area contributed by atoms with E-state index in [0.717, 1.165) is 6.42 Å². The van der Waals surface area contributed by atoms with E-state index in [1.165, 1.54) is 6.33 Å². The van der Waals surface area contributed by atoms with E-state index in [1.807, 2.05) is 20.8 Å². The average Bonchev–Trinajstić information content (AvgIpc) is 2.93. The van der Waals surface area contributed by atoms with Gasteiger partial charge in [-0.15, -0.1) is 0 Å². The number of nitrogens with zero attached hydrogens (tertiary/aromatic N) is 4. The highest BCUT2D eigenvalue weighted by molar-refractivity contribution is 5.96. The van der Waals surface area contributed by atoms with Crippen molar-refractivity contribution in [1.82, 2.24) is 25.0 Å². The molecular formula is C14H23N5O2. The molecule has 1 N–H and O–H groups in total. The molecule has 2 rings (SSSR count). The number of carbonyl (C=O) groups is 2. The summed E-state index contributed by atoms with van der Waals surface area (Å²) in [5.41, 5.74) is 0. The number of aryl methyl sites for hydroxylation is 1. The standard InChI is InChI=1S/C14H23N5O2/c1-5-9(3)12-14(21)18(10(4)13(20)17-12)7-11-15-8-16-19(11)6-2/h8-10,12H,5-7H2,1-4H3,(H,17,20). The number of hydrogen-bond donors (Lipinski definition) is 1. The molecule has 3 atom stereocenters. The third-order valence-corrected chi connectivity index (χ3v) is 4.21. The summed E-state index contributed by atoms with van der Waals surface area (Å²) >= 11 is 0. The predicted octanol–water partition coefficient (Wildman–Crippen LogP) is 0.560. The molecule has 7 heteroatoms. The van der Waals surface area contributed by atoms with Crippen molar-refractivity contribution >= 4 is 11.8 Å². The average molecular weight is 293 g/mol. The first-order valence-electron chi connectivity index (χ1n) is 7.47. The third kappa shape index (κ3) is 2.91. The summed E-state index contributed by atoms with van der Waals surface area (Å²) in [5.74, 6) is 0.667. The first-order valence-corrected chi connectivity index (χ1v) is 7.47. The molecule has 0 spiro atoms. The van der Waals surface area contributed by atoms with Gasteiger partial charge in [0.2, 0.25) is 11.8 Å². The number of hydrogen-bond acceptors (Lipinski definition) is 4. The normalized spacial score (nSPS) is 24.1. The number of rotatable bonds is 5. The molecule has 1 aromatic rings. The first-order chi connectivity index (χ1) is 9.99. The molecule has 0 aromatic carbocycles. The molecule has 0 bridgehead atoms. The molecule has 7 nitrogen and oxygen atoms in total. The summed E-state index contributed by atoms with van der Waals surface area (Å²) in [6.45, 7) is 8.70. The van der Waals surface area contributed by atoms with Crippen molar-refractivity contribution in [3.63, 3.8) is 0 Å². The van der Waals surface area contributed by atoms with Crippen LogP contribution in [0.25, 0.3) is 0 Å². The maximum atomic E-state index is 12.7. The zero-order chi connectivity index (χ0) is 15.6. The van der Waals surface area contributed by atoms with Crippen molar-refractivity contribution in [1.29, 1.82) is 0 Å². The van der Waals surface area contributed by atoms with Crippen LogP contribution in [0.4, 0.5) is 0 Å². The Labute approximate surface area is 124 Å². The SMILES string of the molecule is CCC(C)C1NC(=O)C(C)N(Cc2ncnn2CC)C1=O. The van der Waals surface area contributed by atoms with Gasteiger partial charge in [0.05, 0.1) is 6.54 Å². The van der Waals surface area contributed by atoms with Crippen LogP contribution in [0, 0.1) is 5.92 Å². The fourth-order valence-corrected chi connectivity index (χ4v) is 2.51. The van der Waals surface area contributed by atoms with Crippen molar-refractivity contribution in [2.45, 2.75) is 59.3 Å². The molecular weight excluding hydrogens is 270 g/mol. The van der Waals surface area contributed by atoms with Crippen molar-refractivity contribution in [3.8, 4) is 0 Å². The minimum atomic E-state index is -0.486. The molecule has 2 heterocycles. The van der Waals surface area contributed by atoms with E-state index in [1.54, 1.807) is 16.5 Å². The molecule has 0 aliphatic carbocycles. The molecule has 0 radical (unpaired) electrons. The number of carbonyl (C=O) groups excluding carboxylic acids is 2. The van der Waals surface area contributed by atoms with Gasteiger partial charge in [-0.2, -0.15) is 5.10 Å². The van der Waals surface area contributed by atoms with Crippen LogP contribution >= 0.6 is 0 Å². The van der Waals surface area contributed by atoms with Crippen LogP contribution in [-0.4, -0.2) is 43.6 Å². The van der Waals surface area contributed by atoms with E-state index in [4.69, 9.17) is 0 Å². The van der Waals surface area contributed by atoms with Crippen LogP contribution in [0.5, 0.6) is 0 Å². The lowest BCUT2D eigenvalue weighted by atomic mass is 9.94. The summed E-state index contributed by atoms with van der Waals surface area (Å²) < 4.78 is 1.74. The minimum Gasteiger partial charge on any atom is -0.342 e. The Morgan fingerprint density at radius 1 is 1.38 bits per heavy atom.